The molecule has 0 spiro atoms. The highest BCUT2D eigenvalue weighted by atomic mass is 16.5. The molecule has 0 saturated heterocycles. The summed E-state index contributed by atoms with van der Waals surface area (Å²) in [5.41, 5.74) is 2.16. The second kappa shape index (κ2) is 9.28. The molecule has 29 heavy (non-hydrogen) atoms. The number of rotatable bonds is 7. The maximum absolute atomic E-state index is 12.3. The van der Waals surface area contributed by atoms with Gasteiger partial charge in [0.2, 0.25) is 5.91 Å². The first-order valence-electron chi connectivity index (χ1n) is 9.79. The Balaban J connectivity index is 1.70. The quantitative estimate of drug-likeness (QED) is 0.713. The summed E-state index contributed by atoms with van der Waals surface area (Å²) in [7, 11) is 0. The lowest BCUT2D eigenvalue weighted by molar-refractivity contribution is -0.121. The standard InChI is InChI=1S/C23H26N2O4/c1-4-12-25-20-14-18(9-10-21(20)28-15-23(25)27)24-22(26)11-8-17-6-5-7-19(13-17)29-16(2)3/h5-11,13-14,16H,4,12,15H2,1-3H3,(H,24,26)/b11-8+. The Kier molecular flexibility index (Phi) is 6.54. The Morgan fingerprint density at radius 2 is 2.10 bits per heavy atom. The van der Waals surface area contributed by atoms with Crippen LogP contribution in [0.3, 0.4) is 0 Å². The van der Waals surface area contributed by atoms with Gasteiger partial charge in [-0.05, 0) is 62.2 Å². The Morgan fingerprint density at radius 1 is 1.28 bits per heavy atom. The van der Waals surface area contributed by atoms with Crippen molar-refractivity contribution in [1.82, 2.24) is 0 Å². The monoisotopic (exact) mass is 394 g/mol. The zero-order valence-corrected chi connectivity index (χ0v) is 17.0. The van der Waals surface area contributed by atoms with Crippen LogP contribution < -0.4 is 19.7 Å². The zero-order chi connectivity index (χ0) is 20.8. The van der Waals surface area contributed by atoms with E-state index in [1.807, 2.05) is 45.0 Å². The van der Waals surface area contributed by atoms with Crippen LogP contribution >= 0.6 is 0 Å². The van der Waals surface area contributed by atoms with Crippen molar-refractivity contribution >= 4 is 29.3 Å². The first-order chi connectivity index (χ1) is 14.0. The fraction of sp³-hybridized carbons (Fsp3) is 0.304. The van der Waals surface area contributed by atoms with Gasteiger partial charge in [-0.3, -0.25) is 9.59 Å². The number of anilines is 2. The van der Waals surface area contributed by atoms with E-state index < -0.39 is 0 Å². The molecule has 1 aliphatic heterocycles. The number of ether oxygens (including phenoxy) is 2. The maximum atomic E-state index is 12.3. The van der Waals surface area contributed by atoms with Crippen molar-refractivity contribution in [3.63, 3.8) is 0 Å². The molecular weight excluding hydrogens is 368 g/mol. The van der Waals surface area contributed by atoms with E-state index in [4.69, 9.17) is 9.47 Å². The minimum Gasteiger partial charge on any atom is -0.491 e. The molecule has 0 atom stereocenters. The molecule has 0 radical (unpaired) electrons. The molecule has 1 N–H and O–H groups in total. The minimum absolute atomic E-state index is 0.0427. The van der Waals surface area contributed by atoms with Crippen LogP contribution in [0.4, 0.5) is 11.4 Å². The van der Waals surface area contributed by atoms with Gasteiger partial charge < -0.3 is 19.7 Å². The molecule has 152 valence electrons. The van der Waals surface area contributed by atoms with Crippen molar-refractivity contribution in [2.24, 2.45) is 0 Å². The van der Waals surface area contributed by atoms with Crippen LogP contribution in [0.15, 0.2) is 48.5 Å². The number of hydrogen-bond acceptors (Lipinski definition) is 4. The van der Waals surface area contributed by atoms with E-state index in [2.05, 4.69) is 5.32 Å². The van der Waals surface area contributed by atoms with E-state index in [0.29, 0.717) is 23.7 Å². The summed E-state index contributed by atoms with van der Waals surface area (Å²) < 4.78 is 11.2. The predicted octanol–water partition coefficient (Wildman–Crippen LogP) is 4.26. The first-order valence-corrected chi connectivity index (χ1v) is 9.79. The van der Waals surface area contributed by atoms with Gasteiger partial charge in [-0.15, -0.1) is 0 Å². The SMILES string of the molecule is CCCN1C(=O)COc2ccc(NC(=O)/C=C/c3cccc(OC(C)C)c3)cc21. The molecule has 0 aromatic heterocycles. The number of nitrogens with one attached hydrogen (secondary N) is 1. The average Bonchev–Trinajstić information content (AvgIpc) is 2.68. The van der Waals surface area contributed by atoms with Crippen molar-refractivity contribution < 1.29 is 19.1 Å². The molecule has 2 aromatic rings. The third kappa shape index (κ3) is 5.38. The molecule has 0 saturated carbocycles. The lowest BCUT2D eigenvalue weighted by Gasteiger charge is -2.29. The lowest BCUT2D eigenvalue weighted by atomic mass is 10.2. The van der Waals surface area contributed by atoms with Crippen LogP contribution in [0, 0.1) is 0 Å². The lowest BCUT2D eigenvalue weighted by Crippen LogP contribution is -2.39. The highest BCUT2D eigenvalue weighted by Crippen LogP contribution is 2.34. The van der Waals surface area contributed by atoms with Crippen LogP contribution in [0.25, 0.3) is 6.08 Å². The van der Waals surface area contributed by atoms with E-state index in [1.54, 1.807) is 29.2 Å². The molecule has 1 heterocycles. The number of benzene rings is 2. The Hall–Kier alpha value is -3.28. The molecule has 3 rings (SSSR count). The van der Waals surface area contributed by atoms with Crippen LogP contribution in [-0.4, -0.2) is 31.1 Å². The highest BCUT2D eigenvalue weighted by Gasteiger charge is 2.25. The van der Waals surface area contributed by atoms with Gasteiger partial charge in [0.15, 0.2) is 6.61 Å². The molecule has 0 unspecified atom stereocenters. The second-order valence-electron chi connectivity index (χ2n) is 7.08. The van der Waals surface area contributed by atoms with Crippen LogP contribution in [0.2, 0.25) is 0 Å². The molecule has 0 aliphatic carbocycles. The van der Waals surface area contributed by atoms with Gasteiger partial charge in [-0.25, -0.2) is 0 Å². The van der Waals surface area contributed by atoms with E-state index >= 15 is 0 Å². The molecular formula is C23H26N2O4. The number of carbonyl (C=O) groups excluding carboxylic acids is 2. The van der Waals surface area contributed by atoms with Gasteiger partial charge in [0.1, 0.15) is 11.5 Å². The van der Waals surface area contributed by atoms with E-state index in [1.165, 1.54) is 6.08 Å². The fourth-order valence-corrected chi connectivity index (χ4v) is 3.07. The van der Waals surface area contributed by atoms with Crippen LogP contribution in [-0.2, 0) is 9.59 Å². The minimum atomic E-state index is -0.259. The predicted molar refractivity (Wildman–Crippen MR) is 114 cm³/mol. The Labute approximate surface area is 171 Å². The third-order valence-electron chi connectivity index (χ3n) is 4.27. The topological polar surface area (TPSA) is 67.9 Å². The Morgan fingerprint density at radius 3 is 2.86 bits per heavy atom. The molecule has 1 aliphatic rings. The van der Waals surface area contributed by atoms with Gasteiger partial charge in [0.05, 0.1) is 11.8 Å². The van der Waals surface area contributed by atoms with Gasteiger partial charge >= 0.3 is 0 Å². The summed E-state index contributed by atoms with van der Waals surface area (Å²) >= 11 is 0. The van der Waals surface area contributed by atoms with E-state index in [0.717, 1.165) is 17.7 Å². The summed E-state index contributed by atoms with van der Waals surface area (Å²) in [5.74, 6) is 1.07. The summed E-state index contributed by atoms with van der Waals surface area (Å²) in [4.78, 5) is 26.2. The summed E-state index contributed by atoms with van der Waals surface area (Å²) in [5, 5.41) is 2.84. The second-order valence-corrected chi connectivity index (χ2v) is 7.08. The highest BCUT2D eigenvalue weighted by molar-refractivity contribution is 6.03. The first kappa shape index (κ1) is 20.5. The summed E-state index contributed by atoms with van der Waals surface area (Å²) in [6.45, 7) is 6.60. The summed E-state index contributed by atoms with van der Waals surface area (Å²) in [6, 6.07) is 12.9. The van der Waals surface area contributed by atoms with Crippen LogP contribution in [0.5, 0.6) is 11.5 Å². The Bertz CT molecular complexity index is 921. The zero-order valence-electron chi connectivity index (χ0n) is 17.0. The molecule has 6 nitrogen and oxygen atoms in total. The maximum Gasteiger partial charge on any atom is 0.265 e. The van der Waals surface area contributed by atoms with Crippen molar-refractivity contribution in [3.05, 3.63) is 54.1 Å². The number of carbonyl (C=O) groups is 2. The number of hydrogen-bond donors (Lipinski definition) is 1. The van der Waals surface area contributed by atoms with E-state index in [-0.39, 0.29) is 24.5 Å². The van der Waals surface area contributed by atoms with Crippen molar-refractivity contribution in [2.45, 2.75) is 33.3 Å². The molecule has 0 bridgehead atoms. The molecule has 2 aromatic carbocycles. The van der Waals surface area contributed by atoms with Gasteiger partial charge in [0.25, 0.3) is 5.91 Å². The number of nitrogens with zero attached hydrogens (tertiary/aromatic N) is 1. The average molecular weight is 394 g/mol. The third-order valence-corrected chi connectivity index (χ3v) is 4.27. The largest absolute Gasteiger partial charge is 0.491 e. The van der Waals surface area contributed by atoms with Crippen molar-refractivity contribution in [3.8, 4) is 11.5 Å². The normalized spacial score (nSPS) is 13.4. The van der Waals surface area contributed by atoms with Gasteiger partial charge in [0, 0.05) is 18.3 Å². The number of amides is 2. The molecule has 2 amide bonds. The van der Waals surface area contributed by atoms with Gasteiger partial charge in [-0.1, -0.05) is 19.1 Å². The summed E-state index contributed by atoms with van der Waals surface area (Å²) in [6.07, 6.45) is 4.13. The molecule has 6 heteroatoms. The van der Waals surface area contributed by atoms with Crippen molar-refractivity contribution in [2.75, 3.05) is 23.4 Å². The fourth-order valence-electron chi connectivity index (χ4n) is 3.07. The van der Waals surface area contributed by atoms with Crippen molar-refractivity contribution in [1.29, 1.82) is 0 Å². The smallest absolute Gasteiger partial charge is 0.265 e. The van der Waals surface area contributed by atoms with Crippen LogP contribution in [0.1, 0.15) is 32.8 Å². The number of fused-ring (bicyclic) bond motifs is 1. The van der Waals surface area contributed by atoms with Gasteiger partial charge in [-0.2, -0.15) is 0 Å². The van der Waals surface area contributed by atoms with E-state index in [9.17, 15) is 9.59 Å². The molecule has 0 fully saturated rings.